The maximum absolute atomic E-state index is 12.2. The standard InChI is InChI=1S/C16H17N5OS/c1-4-6-20-12(3)18-19-16(20)23-10-13-9-15(22)21-7-5-11(2)8-14(21)17-13/h4-5,7-9H,1,6,10H2,2-3H3. The molecule has 3 rings (SSSR count). The van der Waals surface area contributed by atoms with Crippen LogP contribution in [0.25, 0.3) is 5.65 Å². The highest BCUT2D eigenvalue weighted by Gasteiger charge is 2.10. The second-order valence-electron chi connectivity index (χ2n) is 5.24. The van der Waals surface area contributed by atoms with Gasteiger partial charge in [0.1, 0.15) is 11.5 Å². The van der Waals surface area contributed by atoms with Crippen LogP contribution in [0.15, 0.2) is 47.0 Å². The summed E-state index contributed by atoms with van der Waals surface area (Å²) in [6.45, 7) is 8.30. The summed E-state index contributed by atoms with van der Waals surface area (Å²) in [7, 11) is 0. The first-order chi connectivity index (χ1) is 11.1. The second kappa shape index (κ2) is 6.37. The zero-order valence-electron chi connectivity index (χ0n) is 13.1. The van der Waals surface area contributed by atoms with E-state index in [0.717, 1.165) is 22.2 Å². The lowest BCUT2D eigenvalue weighted by molar-refractivity contribution is 0.703. The number of aryl methyl sites for hydroxylation is 2. The molecule has 0 saturated heterocycles. The van der Waals surface area contributed by atoms with Crippen molar-refractivity contribution in [1.29, 1.82) is 0 Å². The molecule has 0 bridgehead atoms. The summed E-state index contributed by atoms with van der Waals surface area (Å²) >= 11 is 1.51. The Balaban J connectivity index is 1.87. The van der Waals surface area contributed by atoms with Gasteiger partial charge in [-0.1, -0.05) is 17.8 Å². The van der Waals surface area contributed by atoms with Crippen molar-refractivity contribution in [3.8, 4) is 0 Å². The molecule has 3 aromatic rings. The van der Waals surface area contributed by atoms with Gasteiger partial charge >= 0.3 is 0 Å². The summed E-state index contributed by atoms with van der Waals surface area (Å²) in [6.07, 6.45) is 3.56. The molecule has 118 valence electrons. The van der Waals surface area contributed by atoms with Gasteiger partial charge in [0.2, 0.25) is 0 Å². The Morgan fingerprint density at radius 1 is 1.30 bits per heavy atom. The van der Waals surface area contributed by atoms with E-state index in [1.54, 1.807) is 16.7 Å². The van der Waals surface area contributed by atoms with Gasteiger partial charge in [0.25, 0.3) is 5.56 Å². The molecule has 6 nitrogen and oxygen atoms in total. The lowest BCUT2D eigenvalue weighted by atomic mass is 10.3. The van der Waals surface area contributed by atoms with Gasteiger partial charge in [-0.05, 0) is 31.5 Å². The first-order valence-electron chi connectivity index (χ1n) is 7.21. The summed E-state index contributed by atoms with van der Waals surface area (Å²) < 4.78 is 3.53. The van der Waals surface area contributed by atoms with E-state index in [4.69, 9.17) is 0 Å². The van der Waals surface area contributed by atoms with Crippen LogP contribution in [0.3, 0.4) is 0 Å². The van der Waals surface area contributed by atoms with Gasteiger partial charge in [-0.3, -0.25) is 9.20 Å². The van der Waals surface area contributed by atoms with Crippen LogP contribution in [0.2, 0.25) is 0 Å². The monoisotopic (exact) mass is 327 g/mol. The SMILES string of the molecule is C=CCn1c(C)nnc1SCc1cc(=O)n2ccc(C)cc2n1. The van der Waals surface area contributed by atoms with Gasteiger partial charge in [0, 0.05) is 24.6 Å². The number of aromatic nitrogens is 5. The molecule has 0 spiro atoms. The van der Waals surface area contributed by atoms with Crippen molar-refractivity contribution in [3.05, 3.63) is 64.5 Å². The highest BCUT2D eigenvalue weighted by atomic mass is 32.2. The van der Waals surface area contributed by atoms with Gasteiger partial charge in [0.15, 0.2) is 5.16 Å². The molecular weight excluding hydrogens is 310 g/mol. The molecule has 0 fully saturated rings. The zero-order chi connectivity index (χ0) is 16.4. The molecule has 0 saturated carbocycles. The zero-order valence-corrected chi connectivity index (χ0v) is 13.9. The van der Waals surface area contributed by atoms with Crippen LogP contribution in [0.4, 0.5) is 0 Å². The van der Waals surface area contributed by atoms with Crippen molar-refractivity contribution in [2.45, 2.75) is 31.3 Å². The van der Waals surface area contributed by atoms with E-state index >= 15 is 0 Å². The molecule has 0 N–H and O–H groups in total. The van der Waals surface area contributed by atoms with Crippen molar-refractivity contribution < 1.29 is 0 Å². The Morgan fingerprint density at radius 3 is 2.91 bits per heavy atom. The summed E-state index contributed by atoms with van der Waals surface area (Å²) in [4.78, 5) is 16.7. The van der Waals surface area contributed by atoms with Crippen LogP contribution < -0.4 is 5.56 Å². The number of hydrogen-bond acceptors (Lipinski definition) is 5. The lowest BCUT2D eigenvalue weighted by Crippen LogP contribution is -2.15. The maximum Gasteiger partial charge on any atom is 0.258 e. The normalized spacial score (nSPS) is 11.0. The van der Waals surface area contributed by atoms with E-state index in [-0.39, 0.29) is 5.56 Å². The molecule has 0 amide bonds. The first-order valence-corrected chi connectivity index (χ1v) is 8.19. The third-order valence-electron chi connectivity index (χ3n) is 3.44. The van der Waals surface area contributed by atoms with Gasteiger partial charge in [-0.25, -0.2) is 4.98 Å². The first kappa shape index (κ1) is 15.5. The molecule has 0 unspecified atom stereocenters. The molecule has 0 aliphatic carbocycles. The lowest BCUT2D eigenvalue weighted by Gasteiger charge is -2.06. The molecule has 0 radical (unpaired) electrons. The smallest absolute Gasteiger partial charge is 0.258 e. The molecule has 0 aliphatic heterocycles. The average molecular weight is 327 g/mol. The van der Waals surface area contributed by atoms with E-state index in [2.05, 4.69) is 21.8 Å². The Bertz CT molecular complexity index is 928. The largest absolute Gasteiger partial charge is 0.302 e. The summed E-state index contributed by atoms with van der Waals surface area (Å²) in [6, 6.07) is 5.36. The van der Waals surface area contributed by atoms with E-state index in [0.29, 0.717) is 17.9 Å². The third-order valence-corrected chi connectivity index (χ3v) is 4.44. The summed E-state index contributed by atoms with van der Waals surface area (Å²) in [5.74, 6) is 1.41. The number of fused-ring (bicyclic) bond motifs is 1. The summed E-state index contributed by atoms with van der Waals surface area (Å²) in [5, 5.41) is 9.05. The van der Waals surface area contributed by atoms with Crippen LogP contribution in [-0.2, 0) is 12.3 Å². The second-order valence-corrected chi connectivity index (χ2v) is 6.18. The number of rotatable bonds is 5. The van der Waals surface area contributed by atoms with Gasteiger partial charge in [0.05, 0.1) is 5.69 Å². The molecule has 0 aromatic carbocycles. The number of pyridine rings is 1. The Morgan fingerprint density at radius 2 is 2.13 bits per heavy atom. The van der Waals surface area contributed by atoms with E-state index in [1.807, 2.05) is 36.6 Å². The predicted octanol–water partition coefficient (Wildman–Crippen LogP) is 2.38. The highest BCUT2D eigenvalue weighted by molar-refractivity contribution is 7.98. The fourth-order valence-electron chi connectivity index (χ4n) is 2.27. The molecule has 3 aromatic heterocycles. The minimum absolute atomic E-state index is 0.0747. The fourth-order valence-corrected chi connectivity index (χ4v) is 3.16. The number of hydrogen-bond donors (Lipinski definition) is 0. The predicted molar refractivity (Wildman–Crippen MR) is 90.7 cm³/mol. The van der Waals surface area contributed by atoms with Crippen LogP contribution in [0.5, 0.6) is 0 Å². The van der Waals surface area contributed by atoms with Crippen molar-refractivity contribution in [2.75, 3.05) is 0 Å². The van der Waals surface area contributed by atoms with Crippen molar-refractivity contribution in [3.63, 3.8) is 0 Å². The minimum atomic E-state index is -0.0747. The number of allylic oxidation sites excluding steroid dienone is 1. The van der Waals surface area contributed by atoms with Gasteiger partial charge < -0.3 is 4.57 Å². The Kier molecular flexibility index (Phi) is 4.29. The molecule has 23 heavy (non-hydrogen) atoms. The molecular formula is C16H17N5OS. The van der Waals surface area contributed by atoms with E-state index in [9.17, 15) is 4.79 Å². The highest BCUT2D eigenvalue weighted by Crippen LogP contribution is 2.20. The topological polar surface area (TPSA) is 65.1 Å². The maximum atomic E-state index is 12.2. The van der Waals surface area contributed by atoms with Crippen molar-refractivity contribution >= 4 is 17.4 Å². The summed E-state index contributed by atoms with van der Waals surface area (Å²) in [5.41, 5.74) is 2.39. The van der Waals surface area contributed by atoms with Crippen LogP contribution in [0.1, 0.15) is 17.1 Å². The molecule has 0 atom stereocenters. The Hall–Kier alpha value is -2.41. The van der Waals surface area contributed by atoms with E-state index < -0.39 is 0 Å². The molecule has 7 heteroatoms. The fraction of sp³-hybridized carbons (Fsp3) is 0.250. The number of nitrogens with zero attached hydrogens (tertiary/aromatic N) is 5. The number of thioether (sulfide) groups is 1. The van der Waals surface area contributed by atoms with Crippen molar-refractivity contribution in [2.24, 2.45) is 0 Å². The van der Waals surface area contributed by atoms with Crippen LogP contribution in [0, 0.1) is 13.8 Å². The van der Waals surface area contributed by atoms with Crippen LogP contribution >= 0.6 is 11.8 Å². The molecule has 3 heterocycles. The Labute approximate surface area is 137 Å². The minimum Gasteiger partial charge on any atom is -0.302 e. The third kappa shape index (κ3) is 3.19. The van der Waals surface area contributed by atoms with Gasteiger partial charge in [-0.15, -0.1) is 16.8 Å². The van der Waals surface area contributed by atoms with Crippen LogP contribution in [-0.4, -0.2) is 24.1 Å². The van der Waals surface area contributed by atoms with Gasteiger partial charge in [-0.2, -0.15) is 0 Å². The van der Waals surface area contributed by atoms with E-state index in [1.165, 1.54) is 11.8 Å². The quantitative estimate of drug-likeness (QED) is 0.532. The average Bonchev–Trinajstić information content (AvgIpc) is 2.86. The van der Waals surface area contributed by atoms with Crippen molar-refractivity contribution in [1.82, 2.24) is 24.1 Å². The molecule has 0 aliphatic rings.